The second kappa shape index (κ2) is 8.98. The maximum atomic E-state index is 12.6. The molecule has 0 atom stereocenters. The van der Waals surface area contributed by atoms with Crippen LogP contribution in [-0.4, -0.2) is 45.1 Å². The van der Waals surface area contributed by atoms with Crippen molar-refractivity contribution in [3.05, 3.63) is 58.1 Å². The van der Waals surface area contributed by atoms with E-state index in [2.05, 4.69) is 4.74 Å². The summed E-state index contributed by atoms with van der Waals surface area (Å²) in [6, 6.07) is 7.67. The molecular weight excluding hydrogens is 435 g/mol. The number of halogens is 3. The highest BCUT2D eigenvalue weighted by Gasteiger charge is 2.47. The van der Waals surface area contributed by atoms with E-state index in [1.807, 2.05) is 0 Å². The number of carbonyl (C=O) groups is 1. The standard InChI is InChI=1S/C17H14F3NO8S/c1-27-16(22)12-4-2-3-5-14(12)28-8-9-29-15-7-6-11(10-13(15)21(23)24)30(25,26)17(18,19)20/h2-7,10H,8-9H2,1H3. The maximum absolute atomic E-state index is 12.6. The Labute approximate surface area is 168 Å². The second-order valence-corrected chi connectivity index (χ2v) is 7.46. The maximum Gasteiger partial charge on any atom is 0.501 e. The summed E-state index contributed by atoms with van der Waals surface area (Å²) in [6.45, 7) is -0.477. The normalized spacial score (nSPS) is 11.6. The van der Waals surface area contributed by atoms with E-state index >= 15 is 0 Å². The van der Waals surface area contributed by atoms with Gasteiger partial charge in [0, 0.05) is 6.07 Å². The number of esters is 1. The van der Waals surface area contributed by atoms with Gasteiger partial charge in [0.15, 0.2) is 5.75 Å². The average molecular weight is 449 g/mol. The Kier molecular flexibility index (Phi) is 6.87. The van der Waals surface area contributed by atoms with Gasteiger partial charge in [-0.25, -0.2) is 13.2 Å². The molecule has 0 aliphatic rings. The number of benzene rings is 2. The highest BCUT2D eigenvalue weighted by Crippen LogP contribution is 2.35. The van der Waals surface area contributed by atoms with Gasteiger partial charge in [-0.1, -0.05) is 12.1 Å². The summed E-state index contributed by atoms with van der Waals surface area (Å²) in [6.07, 6.45) is 0. The number of sulfone groups is 1. The molecule has 0 saturated heterocycles. The molecule has 0 aromatic heterocycles. The van der Waals surface area contributed by atoms with Crippen molar-refractivity contribution in [3.8, 4) is 11.5 Å². The lowest BCUT2D eigenvalue weighted by molar-refractivity contribution is -0.386. The number of alkyl halides is 3. The molecule has 2 aromatic carbocycles. The molecule has 0 spiro atoms. The number of nitrogens with zero attached hydrogens (tertiary/aromatic N) is 1. The predicted molar refractivity (Wildman–Crippen MR) is 95.1 cm³/mol. The molecule has 30 heavy (non-hydrogen) atoms. The summed E-state index contributed by atoms with van der Waals surface area (Å²) in [5, 5.41) is 11.1. The molecule has 0 heterocycles. The van der Waals surface area contributed by atoms with Crippen molar-refractivity contribution in [2.75, 3.05) is 20.3 Å². The van der Waals surface area contributed by atoms with Crippen LogP contribution in [0.3, 0.4) is 0 Å². The fourth-order valence-electron chi connectivity index (χ4n) is 2.24. The van der Waals surface area contributed by atoms with Gasteiger partial charge >= 0.3 is 17.2 Å². The lowest BCUT2D eigenvalue weighted by Crippen LogP contribution is -2.23. The third-order valence-electron chi connectivity index (χ3n) is 3.63. The molecule has 2 aromatic rings. The molecule has 2 rings (SSSR count). The number of nitro benzene ring substituents is 1. The van der Waals surface area contributed by atoms with Crippen LogP contribution >= 0.6 is 0 Å². The van der Waals surface area contributed by atoms with Gasteiger partial charge in [-0.15, -0.1) is 0 Å². The third kappa shape index (κ3) is 4.97. The Morgan fingerprint density at radius 3 is 2.23 bits per heavy atom. The van der Waals surface area contributed by atoms with Crippen LogP contribution in [0.25, 0.3) is 0 Å². The first-order chi connectivity index (χ1) is 14.0. The van der Waals surface area contributed by atoms with Crippen molar-refractivity contribution in [1.29, 1.82) is 0 Å². The van der Waals surface area contributed by atoms with Gasteiger partial charge in [-0.3, -0.25) is 10.1 Å². The molecule has 0 amide bonds. The lowest BCUT2D eigenvalue weighted by atomic mass is 10.2. The number of methoxy groups -OCH3 is 1. The quantitative estimate of drug-likeness (QED) is 0.261. The van der Waals surface area contributed by atoms with E-state index in [4.69, 9.17) is 9.47 Å². The SMILES string of the molecule is COC(=O)c1ccccc1OCCOc1ccc(S(=O)(=O)C(F)(F)F)cc1[N+](=O)[O-]. The molecular formula is C17H14F3NO8S. The van der Waals surface area contributed by atoms with Crippen molar-refractivity contribution < 1.29 is 45.5 Å². The van der Waals surface area contributed by atoms with Crippen LogP contribution in [0.4, 0.5) is 18.9 Å². The molecule has 9 nitrogen and oxygen atoms in total. The van der Waals surface area contributed by atoms with Gasteiger partial charge in [-0.05, 0) is 24.3 Å². The topological polar surface area (TPSA) is 122 Å². The number of para-hydroxylation sites is 1. The number of nitro groups is 1. The number of hydrogen-bond acceptors (Lipinski definition) is 8. The van der Waals surface area contributed by atoms with Crippen molar-refractivity contribution in [1.82, 2.24) is 0 Å². The fraction of sp³-hybridized carbons (Fsp3) is 0.235. The third-order valence-corrected chi connectivity index (χ3v) is 5.12. The van der Waals surface area contributed by atoms with Crippen molar-refractivity contribution in [3.63, 3.8) is 0 Å². The van der Waals surface area contributed by atoms with Crippen LogP contribution in [-0.2, 0) is 14.6 Å². The van der Waals surface area contributed by atoms with Gasteiger partial charge in [0.2, 0.25) is 0 Å². The first-order valence-corrected chi connectivity index (χ1v) is 9.50. The van der Waals surface area contributed by atoms with Gasteiger partial charge < -0.3 is 14.2 Å². The van der Waals surface area contributed by atoms with E-state index in [1.165, 1.54) is 19.2 Å². The number of rotatable bonds is 8. The molecule has 0 radical (unpaired) electrons. The zero-order valence-corrected chi connectivity index (χ0v) is 16.0. The second-order valence-electron chi connectivity index (χ2n) is 5.52. The number of ether oxygens (including phenoxy) is 3. The number of carbonyl (C=O) groups excluding carboxylic acids is 1. The molecule has 0 bridgehead atoms. The number of hydrogen-bond donors (Lipinski definition) is 0. The lowest BCUT2D eigenvalue weighted by Gasteiger charge is -2.12. The van der Waals surface area contributed by atoms with Crippen molar-refractivity contribution in [2.24, 2.45) is 0 Å². The zero-order chi connectivity index (χ0) is 22.5. The molecule has 0 fully saturated rings. The van der Waals surface area contributed by atoms with E-state index in [1.54, 1.807) is 12.1 Å². The smallest absolute Gasteiger partial charge is 0.489 e. The average Bonchev–Trinajstić information content (AvgIpc) is 2.69. The molecule has 0 N–H and O–H groups in total. The highest BCUT2D eigenvalue weighted by molar-refractivity contribution is 7.92. The summed E-state index contributed by atoms with van der Waals surface area (Å²) in [7, 11) is -4.57. The van der Waals surface area contributed by atoms with E-state index in [0.29, 0.717) is 6.07 Å². The Balaban J connectivity index is 2.13. The largest absolute Gasteiger partial charge is 0.501 e. The summed E-state index contributed by atoms with van der Waals surface area (Å²) in [5.41, 5.74) is -6.44. The van der Waals surface area contributed by atoms with Crippen LogP contribution in [0.2, 0.25) is 0 Å². The highest BCUT2D eigenvalue weighted by atomic mass is 32.2. The minimum Gasteiger partial charge on any atom is -0.489 e. The molecule has 0 aliphatic carbocycles. The van der Waals surface area contributed by atoms with Gasteiger partial charge in [0.05, 0.1) is 16.9 Å². The minimum atomic E-state index is -5.75. The Morgan fingerprint density at radius 1 is 1.07 bits per heavy atom. The molecule has 0 unspecified atom stereocenters. The predicted octanol–water partition coefficient (Wildman–Crippen LogP) is 3.13. The van der Waals surface area contributed by atoms with Gasteiger partial charge in [0.25, 0.3) is 9.84 Å². The van der Waals surface area contributed by atoms with E-state index < -0.39 is 42.6 Å². The van der Waals surface area contributed by atoms with Gasteiger partial charge in [-0.2, -0.15) is 13.2 Å². The van der Waals surface area contributed by atoms with Crippen LogP contribution in [0.15, 0.2) is 47.4 Å². The Bertz CT molecular complexity index is 1050. The first kappa shape index (κ1) is 22.9. The van der Waals surface area contributed by atoms with E-state index in [0.717, 1.165) is 6.07 Å². The van der Waals surface area contributed by atoms with Crippen LogP contribution in [0.1, 0.15) is 10.4 Å². The summed E-state index contributed by atoms with van der Waals surface area (Å²) < 4.78 is 75.9. The van der Waals surface area contributed by atoms with Crippen LogP contribution in [0.5, 0.6) is 11.5 Å². The summed E-state index contributed by atoms with van der Waals surface area (Å²) in [5.74, 6) is -0.941. The van der Waals surface area contributed by atoms with E-state index in [9.17, 15) is 36.5 Å². The fourth-order valence-corrected chi connectivity index (χ4v) is 3.02. The molecule has 13 heteroatoms. The zero-order valence-electron chi connectivity index (χ0n) is 15.2. The molecule has 0 saturated carbocycles. The minimum absolute atomic E-state index is 0.132. The summed E-state index contributed by atoms with van der Waals surface area (Å²) in [4.78, 5) is 20.4. The Hall–Kier alpha value is -3.35. The van der Waals surface area contributed by atoms with Crippen LogP contribution in [0, 0.1) is 10.1 Å². The van der Waals surface area contributed by atoms with E-state index in [-0.39, 0.29) is 30.6 Å². The first-order valence-electron chi connectivity index (χ1n) is 8.01. The molecule has 162 valence electrons. The van der Waals surface area contributed by atoms with Crippen molar-refractivity contribution in [2.45, 2.75) is 10.4 Å². The summed E-state index contributed by atoms with van der Waals surface area (Å²) >= 11 is 0. The van der Waals surface area contributed by atoms with Gasteiger partial charge in [0.1, 0.15) is 24.5 Å². The Morgan fingerprint density at radius 2 is 1.67 bits per heavy atom. The van der Waals surface area contributed by atoms with Crippen LogP contribution < -0.4 is 9.47 Å². The monoisotopic (exact) mass is 449 g/mol. The molecule has 0 aliphatic heterocycles. The van der Waals surface area contributed by atoms with Crippen molar-refractivity contribution >= 4 is 21.5 Å².